The molecular formula is C11H16ClN3O. The van der Waals surface area contributed by atoms with Crippen LogP contribution >= 0.6 is 11.6 Å². The second kappa shape index (κ2) is 4.55. The Hall–Kier alpha value is -0.870. The number of piperidine rings is 1. The van der Waals surface area contributed by atoms with Crippen LogP contribution in [0.1, 0.15) is 24.2 Å². The fraction of sp³-hybridized carbons (Fsp3) is 0.636. The van der Waals surface area contributed by atoms with Gasteiger partial charge in [0.25, 0.3) is 0 Å². The van der Waals surface area contributed by atoms with Gasteiger partial charge in [0.1, 0.15) is 0 Å². The van der Waals surface area contributed by atoms with Crippen molar-refractivity contribution in [3.63, 3.8) is 0 Å². The molecule has 0 saturated carbocycles. The van der Waals surface area contributed by atoms with Gasteiger partial charge in [-0.25, -0.2) is 9.97 Å². The number of aliphatic hydroxyl groups is 1. The zero-order chi connectivity index (χ0) is 11.7. The van der Waals surface area contributed by atoms with Crippen LogP contribution in [0.5, 0.6) is 0 Å². The topological polar surface area (TPSA) is 49.2 Å². The highest BCUT2D eigenvalue weighted by Gasteiger charge is 2.21. The van der Waals surface area contributed by atoms with Crippen molar-refractivity contribution >= 4 is 17.4 Å². The molecule has 0 aromatic carbocycles. The molecule has 1 N–H and O–H groups in total. The van der Waals surface area contributed by atoms with Gasteiger partial charge >= 0.3 is 0 Å². The van der Waals surface area contributed by atoms with Gasteiger partial charge in [-0.2, -0.15) is 0 Å². The lowest BCUT2D eigenvalue weighted by atomic mass is 10.1. The quantitative estimate of drug-likeness (QED) is 0.813. The number of aliphatic hydroxyl groups excluding tert-OH is 1. The average molecular weight is 242 g/mol. The molecule has 16 heavy (non-hydrogen) atoms. The normalized spacial score (nSPS) is 17.9. The minimum absolute atomic E-state index is 0.186. The monoisotopic (exact) mass is 241 g/mol. The molecule has 1 aliphatic rings. The second-order valence-corrected chi connectivity index (χ2v) is 4.59. The van der Waals surface area contributed by atoms with Crippen LogP contribution in [-0.4, -0.2) is 34.3 Å². The molecule has 1 aromatic rings. The predicted octanol–water partition coefficient (Wildman–Crippen LogP) is 1.71. The van der Waals surface area contributed by atoms with E-state index in [9.17, 15) is 5.11 Å². The lowest BCUT2D eigenvalue weighted by Gasteiger charge is -2.31. The number of hydrogen-bond donors (Lipinski definition) is 1. The van der Waals surface area contributed by atoms with Gasteiger partial charge in [0.15, 0.2) is 11.0 Å². The van der Waals surface area contributed by atoms with Gasteiger partial charge in [-0.3, -0.25) is 0 Å². The molecule has 2 heterocycles. The van der Waals surface area contributed by atoms with Crippen LogP contribution in [0, 0.1) is 13.8 Å². The maximum Gasteiger partial charge on any atom is 0.171 e. The summed E-state index contributed by atoms with van der Waals surface area (Å²) in [4.78, 5) is 10.8. The Bertz CT molecular complexity index is 389. The minimum Gasteiger partial charge on any atom is -0.393 e. The molecule has 0 spiro atoms. The summed E-state index contributed by atoms with van der Waals surface area (Å²) in [5.74, 6) is 0.747. The molecule has 5 heteroatoms. The number of rotatable bonds is 1. The summed E-state index contributed by atoms with van der Waals surface area (Å²) < 4.78 is 0. The Labute approximate surface area is 100 Å². The highest BCUT2D eigenvalue weighted by Crippen LogP contribution is 2.25. The Morgan fingerprint density at radius 2 is 1.75 bits per heavy atom. The van der Waals surface area contributed by atoms with Crippen molar-refractivity contribution in [2.24, 2.45) is 0 Å². The van der Waals surface area contributed by atoms with Crippen molar-refractivity contribution in [2.45, 2.75) is 32.8 Å². The first-order valence-electron chi connectivity index (χ1n) is 5.51. The first kappa shape index (κ1) is 11.6. The summed E-state index contributed by atoms with van der Waals surface area (Å²) in [5.41, 5.74) is 1.77. The van der Waals surface area contributed by atoms with E-state index in [1.165, 1.54) is 0 Å². The minimum atomic E-state index is -0.186. The van der Waals surface area contributed by atoms with E-state index < -0.39 is 0 Å². The number of aryl methyl sites for hydroxylation is 2. The van der Waals surface area contributed by atoms with Gasteiger partial charge in [-0.15, -0.1) is 0 Å². The van der Waals surface area contributed by atoms with Gasteiger partial charge in [0.2, 0.25) is 0 Å². The molecule has 88 valence electrons. The summed E-state index contributed by atoms with van der Waals surface area (Å²) in [6.45, 7) is 5.41. The lowest BCUT2D eigenvalue weighted by Crippen LogP contribution is -2.36. The molecule has 1 saturated heterocycles. The van der Waals surface area contributed by atoms with Crippen LogP contribution in [0.25, 0.3) is 0 Å². The van der Waals surface area contributed by atoms with E-state index in [0.717, 1.165) is 43.1 Å². The van der Waals surface area contributed by atoms with Crippen LogP contribution in [0.4, 0.5) is 5.82 Å². The Morgan fingerprint density at radius 1 is 1.19 bits per heavy atom. The van der Waals surface area contributed by atoms with E-state index in [2.05, 4.69) is 14.9 Å². The number of halogens is 1. The molecule has 0 atom stereocenters. The van der Waals surface area contributed by atoms with Gasteiger partial charge in [0.05, 0.1) is 17.5 Å². The van der Waals surface area contributed by atoms with Crippen LogP contribution in [0.2, 0.25) is 5.15 Å². The van der Waals surface area contributed by atoms with Crippen molar-refractivity contribution in [3.05, 3.63) is 16.5 Å². The molecule has 1 aromatic heterocycles. The third-order valence-corrected chi connectivity index (χ3v) is 3.27. The second-order valence-electron chi connectivity index (χ2n) is 4.23. The van der Waals surface area contributed by atoms with E-state index in [4.69, 9.17) is 11.6 Å². The first-order valence-corrected chi connectivity index (χ1v) is 5.89. The van der Waals surface area contributed by atoms with Crippen molar-refractivity contribution in [2.75, 3.05) is 18.0 Å². The van der Waals surface area contributed by atoms with Gasteiger partial charge in [-0.1, -0.05) is 11.6 Å². The number of hydrogen-bond acceptors (Lipinski definition) is 4. The summed E-state index contributed by atoms with van der Waals surface area (Å²) in [6, 6.07) is 0. The van der Waals surface area contributed by atoms with Crippen molar-refractivity contribution in [1.82, 2.24) is 9.97 Å². The lowest BCUT2D eigenvalue weighted by molar-refractivity contribution is 0.145. The Morgan fingerprint density at radius 3 is 2.38 bits per heavy atom. The average Bonchev–Trinajstić information content (AvgIpc) is 2.25. The van der Waals surface area contributed by atoms with Gasteiger partial charge < -0.3 is 10.0 Å². The number of nitrogens with zero attached hydrogens (tertiary/aromatic N) is 3. The van der Waals surface area contributed by atoms with Gasteiger partial charge in [-0.05, 0) is 26.7 Å². The molecular weight excluding hydrogens is 226 g/mol. The smallest absolute Gasteiger partial charge is 0.171 e. The summed E-state index contributed by atoms with van der Waals surface area (Å²) in [6.07, 6.45) is 1.35. The van der Waals surface area contributed by atoms with Crippen molar-refractivity contribution in [3.8, 4) is 0 Å². The SMILES string of the molecule is Cc1nc(Cl)c(N2CCC(O)CC2)nc1C. The summed E-state index contributed by atoms with van der Waals surface area (Å²) in [7, 11) is 0. The van der Waals surface area contributed by atoms with Crippen LogP contribution in [0.15, 0.2) is 0 Å². The highest BCUT2D eigenvalue weighted by molar-refractivity contribution is 6.31. The fourth-order valence-corrected chi connectivity index (χ4v) is 2.13. The molecule has 0 unspecified atom stereocenters. The molecule has 1 aliphatic heterocycles. The molecule has 4 nitrogen and oxygen atoms in total. The van der Waals surface area contributed by atoms with E-state index in [-0.39, 0.29) is 6.10 Å². The molecule has 0 bridgehead atoms. The van der Waals surface area contributed by atoms with Crippen molar-refractivity contribution < 1.29 is 5.11 Å². The maximum absolute atomic E-state index is 9.45. The number of aromatic nitrogens is 2. The van der Waals surface area contributed by atoms with E-state index >= 15 is 0 Å². The zero-order valence-electron chi connectivity index (χ0n) is 9.57. The van der Waals surface area contributed by atoms with Crippen LogP contribution in [0.3, 0.4) is 0 Å². The Balaban J connectivity index is 2.23. The zero-order valence-corrected chi connectivity index (χ0v) is 10.3. The molecule has 2 rings (SSSR count). The van der Waals surface area contributed by atoms with Crippen LogP contribution in [-0.2, 0) is 0 Å². The van der Waals surface area contributed by atoms with E-state index in [1.807, 2.05) is 13.8 Å². The van der Waals surface area contributed by atoms with Gasteiger partial charge in [0, 0.05) is 13.1 Å². The van der Waals surface area contributed by atoms with E-state index in [0.29, 0.717) is 5.15 Å². The van der Waals surface area contributed by atoms with Crippen molar-refractivity contribution in [1.29, 1.82) is 0 Å². The number of anilines is 1. The summed E-state index contributed by atoms with van der Waals surface area (Å²) in [5, 5.41) is 9.90. The highest BCUT2D eigenvalue weighted by atomic mass is 35.5. The van der Waals surface area contributed by atoms with E-state index in [1.54, 1.807) is 0 Å². The third-order valence-electron chi connectivity index (χ3n) is 3.01. The summed E-state index contributed by atoms with van der Waals surface area (Å²) >= 11 is 6.09. The fourth-order valence-electron chi connectivity index (χ4n) is 1.84. The van der Waals surface area contributed by atoms with Crippen LogP contribution < -0.4 is 4.90 Å². The predicted molar refractivity (Wildman–Crippen MR) is 64.0 cm³/mol. The first-order chi connectivity index (χ1) is 7.58. The largest absolute Gasteiger partial charge is 0.393 e. The molecule has 0 aliphatic carbocycles. The third kappa shape index (κ3) is 2.28. The Kier molecular flexibility index (Phi) is 3.30. The standard InChI is InChI=1S/C11H16ClN3O/c1-7-8(2)14-11(10(12)13-7)15-5-3-9(16)4-6-15/h9,16H,3-6H2,1-2H3. The maximum atomic E-state index is 9.45. The molecule has 0 radical (unpaired) electrons. The molecule has 0 amide bonds. The molecule has 1 fully saturated rings.